The van der Waals surface area contributed by atoms with Crippen molar-refractivity contribution in [1.82, 2.24) is 0 Å². The van der Waals surface area contributed by atoms with Gasteiger partial charge in [0.2, 0.25) is 4.86 Å². The Morgan fingerprint density at radius 2 is 2.11 bits per heavy atom. The molecule has 0 saturated heterocycles. The van der Waals surface area contributed by atoms with Gasteiger partial charge in [-0.25, -0.2) is 0 Å². The summed E-state index contributed by atoms with van der Waals surface area (Å²) in [4.78, 5) is 28.5. The van der Waals surface area contributed by atoms with Crippen LogP contribution in [0.4, 0.5) is 4.79 Å². The summed E-state index contributed by atoms with van der Waals surface area (Å²) in [5.74, 6) is 0.313. The molecule has 0 N–H and O–H groups in total. The summed E-state index contributed by atoms with van der Waals surface area (Å²) in [7, 11) is -4.95. The van der Waals surface area contributed by atoms with Crippen LogP contribution >= 0.6 is 19.4 Å². The van der Waals surface area contributed by atoms with Crippen LogP contribution < -0.4 is 9.79 Å². The van der Waals surface area contributed by atoms with Crippen molar-refractivity contribution in [1.29, 1.82) is 0 Å². The van der Waals surface area contributed by atoms with Crippen LogP contribution in [0, 0.1) is 0 Å². The average Bonchev–Trinajstić information content (AvgIpc) is 1.64. The van der Waals surface area contributed by atoms with Crippen LogP contribution in [0.5, 0.6) is 0 Å². The fraction of sp³-hybridized carbons (Fsp3) is 0.667. The number of hydrogen-bond acceptors (Lipinski definition) is 5. The molecule has 6 heteroatoms. The second-order valence-corrected chi connectivity index (χ2v) is 4.14. The van der Waals surface area contributed by atoms with Crippen molar-refractivity contribution in [3.8, 4) is 0 Å². The largest absolute Gasteiger partial charge is 0.805 e. The third-order valence-electron chi connectivity index (χ3n) is 0.491. The van der Waals surface area contributed by atoms with Gasteiger partial charge in [0.25, 0.3) is 0 Å². The molecule has 0 aliphatic carbocycles. The van der Waals surface area contributed by atoms with Gasteiger partial charge in [-0.3, -0.25) is 4.79 Å². The molecule has 0 aromatic rings. The van der Waals surface area contributed by atoms with Crippen LogP contribution in [0.2, 0.25) is 0 Å². The number of hydrogen-bond donors (Lipinski definition) is 0. The summed E-state index contributed by atoms with van der Waals surface area (Å²) in [6.07, 6.45) is 0. The molecule has 4 nitrogen and oxygen atoms in total. The average molecular weight is 168 g/mol. The molecule has 0 unspecified atom stereocenters. The highest BCUT2D eigenvalue weighted by atomic mass is 32.2. The lowest BCUT2D eigenvalue weighted by atomic mass is 11.0. The third-order valence-corrected chi connectivity index (χ3v) is 2.53. The van der Waals surface area contributed by atoms with Crippen molar-refractivity contribution in [3.63, 3.8) is 0 Å². The van der Waals surface area contributed by atoms with Gasteiger partial charge in [-0.05, 0) is 5.75 Å². The Morgan fingerprint density at radius 1 is 1.67 bits per heavy atom. The van der Waals surface area contributed by atoms with Crippen molar-refractivity contribution in [2.75, 3.05) is 5.75 Å². The second kappa shape index (κ2) is 3.37. The molecule has 0 bridgehead atoms. The van der Waals surface area contributed by atoms with Crippen molar-refractivity contribution in [3.05, 3.63) is 0 Å². The van der Waals surface area contributed by atoms with Gasteiger partial charge in [0, 0.05) is 7.60 Å². The SMILES string of the molecule is CCSC(=O)P(=O)([O-])[O-]. The highest BCUT2D eigenvalue weighted by Gasteiger charge is 2.03. The van der Waals surface area contributed by atoms with E-state index in [1.807, 2.05) is 0 Å². The zero-order valence-electron chi connectivity index (χ0n) is 4.70. The van der Waals surface area contributed by atoms with Crippen LogP contribution in [0.1, 0.15) is 6.92 Å². The van der Waals surface area contributed by atoms with Gasteiger partial charge in [0.1, 0.15) is 0 Å². The summed E-state index contributed by atoms with van der Waals surface area (Å²) >= 11 is 0.511. The van der Waals surface area contributed by atoms with Crippen LogP contribution in [0.25, 0.3) is 0 Å². The van der Waals surface area contributed by atoms with E-state index >= 15 is 0 Å². The van der Waals surface area contributed by atoms with Crippen molar-refractivity contribution in [2.45, 2.75) is 6.92 Å². The predicted molar refractivity (Wildman–Crippen MR) is 31.1 cm³/mol. The highest BCUT2D eigenvalue weighted by Crippen LogP contribution is 2.32. The van der Waals surface area contributed by atoms with Gasteiger partial charge in [-0.15, -0.1) is 0 Å². The first-order valence-electron chi connectivity index (χ1n) is 2.18. The Balaban J connectivity index is 3.90. The van der Waals surface area contributed by atoms with E-state index in [9.17, 15) is 19.1 Å². The Bertz CT molecular complexity index is 150. The van der Waals surface area contributed by atoms with E-state index in [0.29, 0.717) is 17.5 Å². The first kappa shape index (κ1) is 9.17. The maximum Gasteiger partial charge on any atom is 0.218 e. The van der Waals surface area contributed by atoms with Crippen molar-refractivity contribution >= 4 is 24.2 Å². The Morgan fingerprint density at radius 3 is 2.22 bits per heavy atom. The monoisotopic (exact) mass is 168 g/mol. The van der Waals surface area contributed by atoms with Crippen molar-refractivity contribution in [2.24, 2.45) is 0 Å². The van der Waals surface area contributed by atoms with Gasteiger partial charge in [0.15, 0.2) is 0 Å². The second-order valence-electron chi connectivity index (χ2n) is 1.20. The Hall–Kier alpha value is 0.170. The third kappa shape index (κ3) is 3.70. The predicted octanol–water partition coefficient (Wildman–Crippen LogP) is -0.227. The molecule has 0 aliphatic rings. The topological polar surface area (TPSA) is 80.3 Å². The van der Waals surface area contributed by atoms with Gasteiger partial charge in [-0.2, -0.15) is 0 Å². The van der Waals surface area contributed by atoms with Crippen molar-refractivity contribution < 1.29 is 19.1 Å². The maximum absolute atomic E-state index is 10.1. The minimum atomic E-state index is -4.95. The summed E-state index contributed by atoms with van der Waals surface area (Å²) < 4.78 is 9.82. The molecule has 54 valence electrons. The molecule has 0 heterocycles. The lowest BCUT2D eigenvalue weighted by Gasteiger charge is -2.25. The summed E-state index contributed by atoms with van der Waals surface area (Å²) in [5.41, 5.74) is 0. The van der Waals surface area contributed by atoms with Gasteiger partial charge in [-0.1, -0.05) is 18.7 Å². The smallest absolute Gasteiger partial charge is 0.218 e. The molecule has 0 amide bonds. The number of carbonyl (C=O) groups is 1. The first-order chi connectivity index (χ1) is 3.98. The molecule has 0 rings (SSSR count). The molecule has 0 radical (unpaired) electrons. The fourth-order valence-electron chi connectivity index (χ4n) is 0.203. The van der Waals surface area contributed by atoms with Gasteiger partial charge < -0.3 is 14.4 Å². The van der Waals surface area contributed by atoms with Gasteiger partial charge >= 0.3 is 0 Å². The molecule has 0 spiro atoms. The van der Waals surface area contributed by atoms with Crippen LogP contribution in [-0.2, 0) is 4.57 Å². The zero-order chi connectivity index (χ0) is 7.49. The number of carbonyl (C=O) groups excluding carboxylic acids is 1. The maximum atomic E-state index is 10.1. The molecule has 0 saturated carbocycles. The minimum Gasteiger partial charge on any atom is -0.805 e. The number of thioether (sulfide) groups is 1. The molecular weight excluding hydrogens is 163 g/mol. The molecule has 0 fully saturated rings. The van der Waals surface area contributed by atoms with E-state index < -0.39 is 12.5 Å². The highest BCUT2D eigenvalue weighted by molar-refractivity contribution is 8.24. The van der Waals surface area contributed by atoms with Crippen LogP contribution in [0.3, 0.4) is 0 Å². The number of rotatable bonds is 2. The summed E-state index contributed by atoms with van der Waals surface area (Å²) in [6.45, 7) is 1.60. The Kier molecular flexibility index (Phi) is 3.43. The molecule has 0 aliphatic heterocycles. The van der Waals surface area contributed by atoms with Crippen LogP contribution in [0.15, 0.2) is 0 Å². The standard InChI is InChI=1S/C3H7O4PS/c1-2-9-3(4)8(5,6)7/h2H2,1H3,(H2,5,6,7)/p-2. The minimum absolute atomic E-state index is 0.313. The van der Waals surface area contributed by atoms with E-state index in [-0.39, 0.29) is 0 Å². The lowest BCUT2D eigenvalue weighted by Crippen LogP contribution is -2.18. The molecule has 9 heavy (non-hydrogen) atoms. The summed E-state index contributed by atoms with van der Waals surface area (Å²) in [5, 5.41) is 0. The molecule has 0 aromatic carbocycles. The van der Waals surface area contributed by atoms with E-state index in [4.69, 9.17) is 0 Å². The van der Waals surface area contributed by atoms with E-state index in [0.717, 1.165) is 0 Å². The fourth-order valence-corrected chi connectivity index (χ4v) is 1.47. The molecular formula is C3H5O4PS-2. The zero-order valence-corrected chi connectivity index (χ0v) is 6.41. The normalized spacial score (nSPS) is 11.4. The lowest BCUT2D eigenvalue weighted by molar-refractivity contribution is -0.306. The molecule has 0 atom stereocenters. The van der Waals surface area contributed by atoms with E-state index in [1.165, 1.54) is 0 Å². The van der Waals surface area contributed by atoms with Gasteiger partial charge in [0.05, 0.1) is 0 Å². The molecule has 0 aromatic heterocycles. The quantitative estimate of drug-likeness (QED) is 0.532. The van der Waals surface area contributed by atoms with Crippen LogP contribution in [-0.4, -0.2) is 10.6 Å². The summed E-state index contributed by atoms with van der Waals surface area (Å²) in [6, 6.07) is 0. The first-order valence-corrected chi connectivity index (χ1v) is 4.70. The Labute approximate surface area is 56.8 Å². The van der Waals surface area contributed by atoms with E-state index in [2.05, 4.69) is 0 Å². The van der Waals surface area contributed by atoms with E-state index in [1.54, 1.807) is 6.92 Å².